The molecule has 0 saturated heterocycles. The van der Waals surface area contributed by atoms with Gasteiger partial charge in [-0.3, -0.25) is 9.59 Å². The summed E-state index contributed by atoms with van der Waals surface area (Å²) in [6, 6.07) is 5.98. The molecule has 4 aliphatic carbocycles. The fraction of sp³-hybridized carbons (Fsp3) is 0.600. The summed E-state index contributed by atoms with van der Waals surface area (Å²) in [5.74, 6) is 0.0421. The maximum atomic E-state index is 12.7. The summed E-state index contributed by atoms with van der Waals surface area (Å²) in [7, 11) is 0. The number of nitrogens with two attached hydrogens (primary N) is 1. The predicted octanol–water partition coefficient (Wildman–Crippen LogP) is 1.80. The molecule has 0 radical (unpaired) electrons. The van der Waals surface area contributed by atoms with Crippen molar-refractivity contribution in [3.8, 4) is 5.75 Å². The maximum Gasteiger partial charge on any atom is 0.309 e. The van der Waals surface area contributed by atoms with Gasteiger partial charge in [0.25, 0.3) is 0 Å². The van der Waals surface area contributed by atoms with Crippen LogP contribution >= 0.6 is 0 Å². The first kappa shape index (κ1) is 17.3. The van der Waals surface area contributed by atoms with Gasteiger partial charge in [0.2, 0.25) is 5.91 Å². The minimum Gasteiger partial charge on any atom is -0.508 e. The van der Waals surface area contributed by atoms with E-state index in [0.29, 0.717) is 24.7 Å². The summed E-state index contributed by atoms with van der Waals surface area (Å²) >= 11 is 0. The number of phenolic OH excluding ortho intramolecular Hbond substituents is 1. The summed E-state index contributed by atoms with van der Waals surface area (Å²) in [6.07, 6.45) is 5.24. The van der Waals surface area contributed by atoms with Crippen LogP contribution in [-0.2, 0) is 16.0 Å². The molecule has 5 N–H and O–H groups in total. The van der Waals surface area contributed by atoms with Crippen LogP contribution in [0.25, 0.3) is 0 Å². The Morgan fingerprint density at radius 1 is 1.15 bits per heavy atom. The fourth-order valence-electron chi connectivity index (χ4n) is 5.99. The Labute approximate surface area is 152 Å². The summed E-state index contributed by atoms with van der Waals surface area (Å²) in [5, 5.41) is 22.3. The van der Waals surface area contributed by atoms with E-state index in [1.165, 1.54) is 0 Å². The molecular formula is C20H26N2O4. The van der Waals surface area contributed by atoms with E-state index < -0.39 is 23.0 Å². The molecule has 0 aliphatic heterocycles. The molecule has 2 unspecified atom stereocenters. The number of aliphatic carboxylic acids is 1. The van der Waals surface area contributed by atoms with Crippen LogP contribution < -0.4 is 11.1 Å². The summed E-state index contributed by atoms with van der Waals surface area (Å²) < 4.78 is 0. The lowest BCUT2D eigenvalue weighted by molar-refractivity contribution is -0.169. The second kappa shape index (κ2) is 5.98. The zero-order valence-electron chi connectivity index (χ0n) is 14.8. The second-order valence-corrected chi connectivity index (χ2v) is 8.79. The number of aromatic hydroxyl groups is 1. The van der Waals surface area contributed by atoms with Gasteiger partial charge in [-0.1, -0.05) is 12.1 Å². The topological polar surface area (TPSA) is 113 Å². The van der Waals surface area contributed by atoms with Crippen LogP contribution in [0.15, 0.2) is 24.3 Å². The molecule has 5 rings (SSSR count). The molecule has 0 heterocycles. The van der Waals surface area contributed by atoms with Gasteiger partial charge in [-0.2, -0.15) is 0 Å². The van der Waals surface area contributed by atoms with E-state index in [1.807, 2.05) is 0 Å². The van der Waals surface area contributed by atoms with E-state index in [-0.39, 0.29) is 11.7 Å². The molecule has 6 nitrogen and oxygen atoms in total. The highest BCUT2D eigenvalue weighted by Crippen LogP contribution is 2.61. The van der Waals surface area contributed by atoms with Gasteiger partial charge in [0.1, 0.15) is 5.75 Å². The molecule has 4 saturated carbocycles. The molecule has 0 aromatic heterocycles. The van der Waals surface area contributed by atoms with E-state index in [4.69, 9.17) is 5.73 Å². The highest BCUT2D eigenvalue weighted by Gasteiger charge is 2.61. The third kappa shape index (κ3) is 2.96. The summed E-state index contributed by atoms with van der Waals surface area (Å²) in [6.45, 7) is 0. The van der Waals surface area contributed by atoms with E-state index >= 15 is 0 Å². The normalized spacial score (nSPS) is 35.9. The van der Waals surface area contributed by atoms with Crippen molar-refractivity contribution in [2.24, 2.45) is 23.0 Å². The van der Waals surface area contributed by atoms with Gasteiger partial charge in [0.15, 0.2) is 0 Å². The van der Waals surface area contributed by atoms with Gasteiger partial charge in [-0.15, -0.1) is 0 Å². The van der Waals surface area contributed by atoms with E-state index in [2.05, 4.69) is 5.32 Å². The molecule has 1 aromatic rings. The van der Waals surface area contributed by atoms with Crippen molar-refractivity contribution in [1.29, 1.82) is 0 Å². The maximum absolute atomic E-state index is 12.7. The Bertz CT molecular complexity index is 716. The first-order valence-corrected chi connectivity index (χ1v) is 9.38. The van der Waals surface area contributed by atoms with E-state index in [1.54, 1.807) is 24.3 Å². The average Bonchev–Trinajstić information content (AvgIpc) is 2.55. The van der Waals surface area contributed by atoms with Gasteiger partial charge < -0.3 is 21.3 Å². The largest absolute Gasteiger partial charge is 0.508 e. The van der Waals surface area contributed by atoms with Crippen molar-refractivity contribution in [2.45, 2.75) is 56.5 Å². The number of rotatable bonds is 5. The fourth-order valence-corrected chi connectivity index (χ4v) is 5.99. The predicted molar refractivity (Wildman–Crippen MR) is 95.4 cm³/mol. The Hall–Kier alpha value is -2.08. The van der Waals surface area contributed by atoms with Crippen molar-refractivity contribution in [1.82, 2.24) is 5.32 Å². The second-order valence-electron chi connectivity index (χ2n) is 8.79. The number of hydrogen-bond donors (Lipinski definition) is 4. The number of carboxylic acids is 1. The number of benzene rings is 1. The van der Waals surface area contributed by atoms with Crippen LogP contribution in [0.4, 0.5) is 0 Å². The zero-order chi connectivity index (χ0) is 18.5. The number of carbonyl (C=O) groups is 2. The number of amides is 1. The van der Waals surface area contributed by atoms with Gasteiger partial charge in [0, 0.05) is 5.54 Å². The highest BCUT2D eigenvalue weighted by atomic mass is 16.4. The summed E-state index contributed by atoms with van der Waals surface area (Å²) in [4.78, 5) is 24.7. The first-order chi connectivity index (χ1) is 12.3. The highest BCUT2D eigenvalue weighted by molar-refractivity contribution is 5.83. The van der Waals surface area contributed by atoms with Gasteiger partial charge in [-0.05, 0) is 74.5 Å². The van der Waals surface area contributed by atoms with E-state index in [9.17, 15) is 19.8 Å². The molecule has 0 spiro atoms. The quantitative estimate of drug-likeness (QED) is 0.641. The van der Waals surface area contributed by atoms with Crippen molar-refractivity contribution in [2.75, 3.05) is 0 Å². The molecule has 4 bridgehead atoms. The Morgan fingerprint density at radius 3 is 2.35 bits per heavy atom. The number of carboxylic acid groups (broad SMARTS) is 1. The lowest BCUT2D eigenvalue weighted by atomic mass is 9.47. The number of nitrogens with one attached hydrogen (secondary N) is 1. The molecule has 4 aliphatic rings. The first-order valence-electron chi connectivity index (χ1n) is 9.38. The zero-order valence-corrected chi connectivity index (χ0v) is 14.8. The average molecular weight is 358 g/mol. The standard InChI is InChI=1S/C20H26N2O4/c21-16(6-12-1-3-15(23)4-2-12)17(24)22-20-9-13-5-14(10-20)8-19(7-13,11-20)18(25)26/h1-4,13-14,16,23H,5-11,21H2,(H,22,24)(H,25,26)/t13-,14+,16-,19?,20?/m0/s1. The smallest absolute Gasteiger partial charge is 0.309 e. The van der Waals surface area contributed by atoms with E-state index in [0.717, 1.165) is 37.7 Å². The lowest BCUT2D eigenvalue weighted by Gasteiger charge is -2.60. The summed E-state index contributed by atoms with van der Waals surface area (Å²) in [5.41, 5.74) is 5.93. The Morgan fingerprint density at radius 2 is 1.77 bits per heavy atom. The molecular weight excluding hydrogens is 332 g/mol. The van der Waals surface area contributed by atoms with Crippen LogP contribution in [-0.4, -0.2) is 33.7 Å². The molecule has 6 heteroatoms. The third-order valence-corrected chi connectivity index (χ3v) is 6.63. The molecule has 4 fully saturated rings. The minimum absolute atomic E-state index is 0.180. The molecule has 140 valence electrons. The van der Waals surface area contributed by atoms with Crippen molar-refractivity contribution in [3.63, 3.8) is 0 Å². The van der Waals surface area contributed by atoms with Crippen molar-refractivity contribution in [3.05, 3.63) is 29.8 Å². The number of hydrogen-bond acceptors (Lipinski definition) is 4. The van der Waals surface area contributed by atoms with Crippen molar-refractivity contribution < 1.29 is 19.8 Å². The lowest BCUT2D eigenvalue weighted by Crippen LogP contribution is -2.66. The third-order valence-electron chi connectivity index (χ3n) is 6.63. The molecule has 5 atom stereocenters. The number of phenols is 1. The van der Waals surface area contributed by atoms with Crippen molar-refractivity contribution >= 4 is 11.9 Å². The Kier molecular flexibility index (Phi) is 3.99. The van der Waals surface area contributed by atoms with Gasteiger partial charge in [0.05, 0.1) is 11.5 Å². The Balaban J connectivity index is 1.46. The van der Waals surface area contributed by atoms with Crippen LogP contribution in [0, 0.1) is 17.3 Å². The molecule has 1 amide bonds. The monoisotopic (exact) mass is 358 g/mol. The van der Waals surface area contributed by atoms with Gasteiger partial charge in [-0.25, -0.2) is 0 Å². The minimum atomic E-state index is -0.710. The molecule has 26 heavy (non-hydrogen) atoms. The van der Waals surface area contributed by atoms with Crippen LogP contribution in [0.3, 0.4) is 0 Å². The van der Waals surface area contributed by atoms with Crippen LogP contribution in [0.2, 0.25) is 0 Å². The van der Waals surface area contributed by atoms with Crippen LogP contribution in [0.5, 0.6) is 5.75 Å². The number of carbonyl (C=O) groups excluding carboxylic acids is 1. The molecule has 1 aromatic carbocycles. The SMILES string of the molecule is N[C@@H](Cc1ccc(O)cc1)C(=O)NC12C[C@H]3C[C@@H](C1)CC(C(=O)O)(C3)C2. The van der Waals surface area contributed by atoms with Crippen LogP contribution in [0.1, 0.15) is 44.1 Å². The van der Waals surface area contributed by atoms with Gasteiger partial charge >= 0.3 is 5.97 Å².